The van der Waals surface area contributed by atoms with Crippen LogP contribution in [-0.4, -0.2) is 9.78 Å². The van der Waals surface area contributed by atoms with Crippen LogP contribution in [0.25, 0.3) is 0 Å². The van der Waals surface area contributed by atoms with Gasteiger partial charge in [0.05, 0.1) is 16.4 Å². The molecule has 0 aliphatic heterocycles. The Bertz CT molecular complexity index is 566. The van der Waals surface area contributed by atoms with E-state index in [0.29, 0.717) is 6.54 Å². The monoisotopic (exact) mass is 295 g/mol. The van der Waals surface area contributed by atoms with Gasteiger partial charge in [0.25, 0.3) is 0 Å². The molecule has 0 fully saturated rings. The topological polar surface area (TPSA) is 43.8 Å². The lowest BCUT2D eigenvalue weighted by molar-refractivity contribution is 0.720. The van der Waals surface area contributed by atoms with Crippen molar-refractivity contribution in [2.24, 2.45) is 12.8 Å². The van der Waals surface area contributed by atoms with E-state index in [-0.39, 0.29) is 0 Å². The van der Waals surface area contributed by atoms with E-state index < -0.39 is 0 Å². The molecule has 2 rings (SSSR count). The highest BCUT2D eigenvalue weighted by Crippen LogP contribution is 2.29. The Hall–Kier alpha value is -0.970. The summed E-state index contributed by atoms with van der Waals surface area (Å²) in [4.78, 5) is 1.21. The second-order valence-corrected chi connectivity index (χ2v) is 5.75. The lowest BCUT2D eigenvalue weighted by Gasteiger charge is -2.05. The fraction of sp³-hybridized carbons (Fsp3) is 0.357. The van der Waals surface area contributed by atoms with Crippen LogP contribution in [-0.2, 0) is 25.8 Å². The average molecular weight is 296 g/mol. The summed E-state index contributed by atoms with van der Waals surface area (Å²) in [5.41, 5.74) is 8.84. The van der Waals surface area contributed by atoms with Crippen LogP contribution in [0.1, 0.15) is 23.9 Å². The number of halogens is 1. The van der Waals surface area contributed by atoms with Crippen LogP contribution in [0.15, 0.2) is 29.2 Å². The van der Waals surface area contributed by atoms with Crippen LogP contribution < -0.4 is 5.73 Å². The molecule has 0 saturated carbocycles. The van der Waals surface area contributed by atoms with Gasteiger partial charge in [0, 0.05) is 24.2 Å². The normalized spacial score (nSPS) is 10.9. The summed E-state index contributed by atoms with van der Waals surface area (Å²) in [5, 5.41) is 5.22. The van der Waals surface area contributed by atoms with Crippen molar-refractivity contribution < 1.29 is 0 Å². The number of benzene rings is 1. The Morgan fingerprint density at radius 1 is 1.42 bits per heavy atom. The number of aryl methyl sites for hydroxylation is 2. The van der Waals surface area contributed by atoms with Gasteiger partial charge in [-0.1, -0.05) is 30.7 Å². The maximum atomic E-state index is 6.34. The smallest absolute Gasteiger partial charge is 0.0858 e. The summed E-state index contributed by atoms with van der Waals surface area (Å²) in [6.07, 6.45) is 0.861. The van der Waals surface area contributed by atoms with Crippen LogP contribution in [0.4, 0.5) is 0 Å². The van der Waals surface area contributed by atoms with Crippen LogP contribution in [0, 0.1) is 0 Å². The third-order valence-electron chi connectivity index (χ3n) is 3.01. The molecule has 0 unspecified atom stereocenters. The molecule has 5 heteroatoms. The molecule has 1 heterocycles. The Morgan fingerprint density at radius 2 is 2.21 bits per heavy atom. The van der Waals surface area contributed by atoms with Crippen LogP contribution >= 0.6 is 23.4 Å². The second kappa shape index (κ2) is 6.46. The molecule has 2 N–H and O–H groups in total. The number of nitrogens with two attached hydrogens (primary N) is 1. The van der Waals surface area contributed by atoms with Crippen molar-refractivity contribution in [1.29, 1.82) is 0 Å². The summed E-state index contributed by atoms with van der Waals surface area (Å²) in [6, 6.07) is 8.29. The fourth-order valence-electron chi connectivity index (χ4n) is 1.89. The van der Waals surface area contributed by atoms with Crippen molar-refractivity contribution in [3.05, 3.63) is 46.2 Å². The molecule has 0 aliphatic rings. The molecule has 0 amide bonds. The highest BCUT2D eigenvalue weighted by atomic mass is 35.5. The van der Waals surface area contributed by atoms with Gasteiger partial charge in [0.2, 0.25) is 0 Å². The predicted molar refractivity (Wildman–Crippen MR) is 81.5 cm³/mol. The summed E-state index contributed by atoms with van der Waals surface area (Å²) < 4.78 is 1.88. The predicted octanol–water partition coefficient (Wildman–Crippen LogP) is 3.39. The van der Waals surface area contributed by atoms with Gasteiger partial charge >= 0.3 is 0 Å². The zero-order valence-corrected chi connectivity index (χ0v) is 12.8. The molecule has 0 radical (unpaired) electrons. The summed E-state index contributed by atoms with van der Waals surface area (Å²) in [7, 11) is 1.94. The lowest BCUT2D eigenvalue weighted by Crippen LogP contribution is -1.97. The molecule has 3 nitrogen and oxygen atoms in total. The van der Waals surface area contributed by atoms with Gasteiger partial charge in [-0.2, -0.15) is 5.10 Å². The van der Waals surface area contributed by atoms with Gasteiger partial charge in [0.15, 0.2) is 0 Å². The van der Waals surface area contributed by atoms with Crippen LogP contribution in [0.2, 0.25) is 5.02 Å². The third kappa shape index (κ3) is 3.32. The molecule has 2 aromatic rings. The highest BCUT2D eigenvalue weighted by Gasteiger charge is 2.12. The third-order valence-corrected chi connectivity index (χ3v) is 4.45. The first-order chi connectivity index (χ1) is 9.15. The molecule has 102 valence electrons. The van der Waals surface area contributed by atoms with Gasteiger partial charge < -0.3 is 5.73 Å². The molecule has 0 atom stereocenters. The fourth-order valence-corrected chi connectivity index (χ4v) is 3.37. The van der Waals surface area contributed by atoms with E-state index in [0.717, 1.165) is 34.1 Å². The maximum absolute atomic E-state index is 6.34. The Kier molecular flexibility index (Phi) is 4.91. The van der Waals surface area contributed by atoms with Crippen molar-refractivity contribution in [2.45, 2.75) is 30.5 Å². The van der Waals surface area contributed by atoms with E-state index in [4.69, 9.17) is 17.3 Å². The average Bonchev–Trinajstić information content (AvgIpc) is 2.71. The highest BCUT2D eigenvalue weighted by molar-refractivity contribution is 7.98. The summed E-state index contributed by atoms with van der Waals surface area (Å²) in [6.45, 7) is 2.64. The molecule has 0 spiro atoms. The number of hydrogen-bond donors (Lipinski definition) is 1. The SMILES string of the molecule is CCc1nn(C)c(CSc2cccc(CN)c2)c1Cl. The molecule has 19 heavy (non-hydrogen) atoms. The summed E-state index contributed by atoms with van der Waals surface area (Å²) in [5.74, 6) is 0.816. The molecule has 1 aromatic heterocycles. The zero-order valence-electron chi connectivity index (χ0n) is 11.2. The first kappa shape index (κ1) is 14.4. The minimum atomic E-state index is 0.570. The zero-order chi connectivity index (χ0) is 13.8. The van der Waals surface area contributed by atoms with Gasteiger partial charge in [-0.3, -0.25) is 4.68 Å². The Labute approximate surface area is 123 Å². The van der Waals surface area contributed by atoms with E-state index in [1.54, 1.807) is 11.8 Å². The van der Waals surface area contributed by atoms with Crippen molar-refractivity contribution in [3.8, 4) is 0 Å². The number of rotatable bonds is 5. The summed E-state index contributed by atoms with van der Waals surface area (Å²) >= 11 is 8.09. The quantitative estimate of drug-likeness (QED) is 0.860. The van der Waals surface area contributed by atoms with Crippen LogP contribution in [0.3, 0.4) is 0 Å². The molecule has 1 aromatic carbocycles. The minimum absolute atomic E-state index is 0.570. The molecule has 0 saturated heterocycles. The van der Waals surface area contributed by atoms with Gasteiger partial charge in [-0.05, 0) is 24.1 Å². The lowest BCUT2D eigenvalue weighted by atomic mass is 10.2. The van der Waals surface area contributed by atoms with Crippen molar-refractivity contribution in [2.75, 3.05) is 0 Å². The van der Waals surface area contributed by atoms with Gasteiger partial charge in [-0.15, -0.1) is 11.8 Å². The Balaban J connectivity index is 2.12. The molecule has 0 aliphatic carbocycles. The van der Waals surface area contributed by atoms with Crippen molar-refractivity contribution in [3.63, 3.8) is 0 Å². The molecular weight excluding hydrogens is 278 g/mol. The van der Waals surface area contributed by atoms with Crippen LogP contribution in [0.5, 0.6) is 0 Å². The van der Waals surface area contributed by atoms with E-state index in [9.17, 15) is 0 Å². The second-order valence-electron chi connectivity index (χ2n) is 4.32. The molecular formula is C14H18ClN3S. The minimum Gasteiger partial charge on any atom is -0.326 e. The largest absolute Gasteiger partial charge is 0.326 e. The Morgan fingerprint density at radius 3 is 2.84 bits per heavy atom. The molecule has 0 bridgehead atoms. The number of nitrogens with zero attached hydrogens (tertiary/aromatic N) is 2. The first-order valence-corrected chi connectivity index (χ1v) is 7.64. The van der Waals surface area contributed by atoms with Gasteiger partial charge in [0.1, 0.15) is 0 Å². The van der Waals surface area contributed by atoms with E-state index in [1.807, 2.05) is 23.9 Å². The number of aromatic nitrogens is 2. The van der Waals surface area contributed by atoms with Gasteiger partial charge in [-0.25, -0.2) is 0 Å². The van der Waals surface area contributed by atoms with E-state index in [2.05, 4.69) is 24.2 Å². The number of hydrogen-bond acceptors (Lipinski definition) is 3. The van der Waals surface area contributed by atoms with E-state index >= 15 is 0 Å². The number of thioether (sulfide) groups is 1. The maximum Gasteiger partial charge on any atom is 0.0858 e. The van der Waals surface area contributed by atoms with Crippen molar-refractivity contribution in [1.82, 2.24) is 9.78 Å². The standard InChI is InChI=1S/C14H18ClN3S/c1-3-12-14(15)13(18(2)17-12)9-19-11-6-4-5-10(7-11)8-16/h4-7H,3,8-9,16H2,1-2H3. The van der Waals surface area contributed by atoms with E-state index in [1.165, 1.54) is 4.90 Å². The van der Waals surface area contributed by atoms with Crippen molar-refractivity contribution >= 4 is 23.4 Å². The first-order valence-electron chi connectivity index (χ1n) is 6.27.